The van der Waals surface area contributed by atoms with Crippen LogP contribution in [-0.4, -0.2) is 36.1 Å². The molecule has 3 atom stereocenters. The first kappa shape index (κ1) is 16.0. The molecule has 1 amide bonds. The van der Waals surface area contributed by atoms with Gasteiger partial charge in [0.25, 0.3) is 5.91 Å². The van der Waals surface area contributed by atoms with Crippen molar-refractivity contribution < 1.29 is 18.7 Å². The van der Waals surface area contributed by atoms with Crippen LogP contribution in [0.4, 0.5) is 4.39 Å². The smallest absolute Gasteiger partial charge is 0.312 e. The van der Waals surface area contributed by atoms with Crippen LogP contribution in [-0.2, 0) is 14.3 Å². The number of hydrogen-bond donors (Lipinski definition) is 0. The molecule has 1 aliphatic carbocycles. The molecule has 3 rings (SSSR count). The van der Waals surface area contributed by atoms with Crippen LogP contribution < -0.4 is 0 Å². The number of benzene rings is 1. The SMILES string of the molecule is CCOC(=O)C1([C@H]2CN(C(C)c3ccccc3)C(=O)[C@@H]2F)CC1. The molecule has 1 heterocycles. The van der Waals surface area contributed by atoms with Crippen molar-refractivity contribution in [3.05, 3.63) is 35.9 Å². The number of hydrogen-bond acceptors (Lipinski definition) is 3. The summed E-state index contributed by atoms with van der Waals surface area (Å²) in [6, 6.07) is 9.36. The molecule has 2 fully saturated rings. The van der Waals surface area contributed by atoms with Gasteiger partial charge in [0, 0.05) is 12.5 Å². The average molecular weight is 319 g/mol. The van der Waals surface area contributed by atoms with Gasteiger partial charge in [-0.05, 0) is 32.3 Å². The van der Waals surface area contributed by atoms with Crippen LogP contribution in [0.1, 0.15) is 38.3 Å². The van der Waals surface area contributed by atoms with Gasteiger partial charge in [0.15, 0.2) is 6.17 Å². The number of rotatable bonds is 5. The van der Waals surface area contributed by atoms with E-state index in [9.17, 15) is 14.0 Å². The molecule has 1 aromatic carbocycles. The van der Waals surface area contributed by atoms with Crippen LogP contribution in [0.15, 0.2) is 30.3 Å². The molecule has 1 aliphatic heterocycles. The first-order valence-corrected chi connectivity index (χ1v) is 8.18. The Labute approximate surface area is 135 Å². The molecule has 0 N–H and O–H groups in total. The number of halogens is 1. The Hall–Kier alpha value is -1.91. The maximum atomic E-state index is 14.6. The van der Waals surface area contributed by atoms with Gasteiger partial charge in [0.2, 0.25) is 0 Å². The molecule has 0 aromatic heterocycles. The van der Waals surface area contributed by atoms with Gasteiger partial charge in [-0.25, -0.2) is 4.39 Å². The van der Waals surface area contributed by atoms with Crippen molar-refractivity contribution in [2.45, 2.75) is 38.9 Å². The van der Waals surface area contributed by atoms with E-state index >= 15 is 0 Å². The fourth-order valence-electron chi connectivity index (χ4n) is 3.58. The van der Waals surface area contributed by atoms with Crippen molar-refractivity contribution in [1.29, 1.82) is 0 Å². The van der Waals surface area contributed by atoms with E-state index in [1.165, 1.54) is 0 Å². The summed E-state index contributed by atoms with van der Waals surface area (Å²) in [6.45, 7) is 4.19. The van der Waals surface area contributed by atoms with Gasteiger partial charge < -0.3 is 9.64 Å². The highest BCUT2D eigenvalue weighted by Gasteiger charge is 2.63. The molecule has 1 unspecified atom stereocenters. The maximum Gasteiger partial charge on any atom is 0.312 e. The summed E-state index contributed by atoms with van der Waals surface area (Å²) in [4.78, 5) is 26.1. The lowest BCUT2D eigenvalue weighted by atomic mass is 9.87. The van der Waals surface area contributed by atoms with E-state index in [1.54, 1.807) is 11.8 Å². The molecule has 2 aliphatic rings. The number of alkyl halides is 1. The Balaban J connectivity index is 1.79. The van der Waals surface area contributed by atoms with Crippen molar-refractivity contribution in [1.82, 2.24) is 4.90 Å². The van der Waals surface area contributed by atoms with Gasteiger partial charge in [-0.15, -0.1) is 0 Å². The third kappa shape index (κ3) is 2.62. The zero-order valence-electron chi connectivity index (χ0n) is 13.5. The molecule has 23 heavy (non-hydrogen) atoms. The van der Waals surface area contributed by atoms with E-state index < -0.39 is 23.4 Å². The number of likely N-dealkylation sites (tertiary alicyclic amines) is 1. The predicted octanol–water partition coefficient (Wildman–Crippen LogP) is 2.89. The molecule has 124 valence electrons. The van der Waals surface area contributed by atoms with Gasteiger partial charge in [-0.1, -0.05) is 30.3 Å². The number of ether oxygens (including phenoxy) is 1. The highest BCUT2D eigenvalue weighted by molar-refractivity contribution is 5.88. The first-order valence-electron chi connectivity index (χ1n) is 8.18. The monoisotopic (exact) mass is 319 g/mol. The highest BCUT2D eigenvalue weighted by Crippen LogP contribution is 2.57. The third-order valence-corrected chi connectivity index (χ3v) is 5.20. The van der Waals surface area contributed by atoms with E-state index in [4.69, 9.17) is 4.74 Å². The van der Waals surface area contributed by atoms with Crippen LogP contribution in [0.5, 0.6) is 0 Å². The Kier molecular flexibility index (Phi) is 4.13. The zero-order valence-corrected chi connectivity index (χ0v) is 13.5. The lowest BCUT2D eigenvalue weighted by Gasteiger charge is -2.26. The Morgan fingerprint density at radius 1 is 1.39 bits per heavy atom. The Bertz CT molecular complexity index is 600. The fraction of sp³-hybridized carbons (Fsp3) is 0.556. The van der Waals surface area contributed by atoms with Crippen LogP contribution in [0, 0.1) is 11.3 Å². The molecule has 1 aromatic rings. The summed E-state index contributed by atoms with van der Waals surface area (Å²) in [6.07, 6.45) is -0.400. The highest BCUT2D eigenvalue weighted by atomic mass is 19.1. The number of carbonyl (C=O) groups excluding carboxylic acids is 2. The molecule has 4 nitrogen and oxygen atoms in total. The lowest BCUT2D eigenvalue weighted by Crippen LogP contribution is -2.34. The van der Waals surface area contributed by atoms with E-state index in [0.29, 0.717) is 12.8 Å². The largest absolute Gasteiger partial charge is 0.466 e. The Morgan fingerprint density at radius 2 is 2.04 bits per heavy atom. The van der Waals surface area contributed by atoms with Crippen molar-refractivity contribution in [2.75, 3.05) is 13.2 Å². The van der Waals surface area contributed by atoms with Gasteiger partial charge in [-0.3, -0.25) is 9.59 Å². The van der Waals surface area contributed by atoms with Crippen molar-refractivity contribution in [2.24, 2.45) is 11.3 Å². The Morgan fingerprint density at radius 3 is 2.61 bits per heavy atom. The second kappa shape index (κ2) is 5.95. The standard InChI is InChI=1S/C18H22FNO3/c1-3-23-17(22)18(9-10-18)14-11-20(16(21)15(14)19)12(2)13-7-5-4-6-8-13/h4-8,12,14-15H,3,9-11H2,1-2H3/t12?,14-,15+/m0/s1. The number of amides is 1. The second-order valence-corrected chi connectivity index (χ2v) is 6.46. The normalized spacial score (nSPS) is 26.9. The number of nitrogens with zero attached hydrogens (tertiary/aromatic N) is 1. The van der Waals surface area contributed by atoms with Crippen LogP contribution in [0.3, 0.4) is 0 Å². The number of carbonyl (C=O) groups is 2. The molecule has 1 saturated heterocycles. The van der Waals surface area contributed by atoms with Crippen LogP contribution in [0.25, 0.3) is 0 Å². The molecular formula is C18H22FNO3. The van der Waals surface area contributed by atoms with Gasteiger partial charge in [0.1, 0.15) is 0 Å². The summed E-state index contributed by atoms with van der Waals surface area (Å²) in [7, 11) is 0. The van der Waals surface area contributed by atoms with Crippen LogP contribution >= 0.6 is 0 Å². The molecular weight excluding hydrogens is 297 g/mol. The molecule has 0 bridgehead atoms. The quantitative estimate of drug-likeness (QED) is 0.784. The molecule has 0 spiro atoms. The number of esters is 1. The van der Waals surface area contributed by atoms with Gasteiger partial charge >= 0.3 is 5.97 Å². The summed E-state index contributed by atoms with van der Waals surface area (Å²) in [5, 5.41) is 0. The van der Waals surface area contributed by atoms with E-state index in [0.717, 1.165) is 5.56 Å². The van der Waals surface area contributed by atoms with Crippen molar-refractivity contribution in [3.8, 4) is 0 Å². The average Bonchev–Trinajstić information content (AvgIpc) is 3.31. The summed E-state index contributed by atoms with van der Waals surface area (Å²) in [5.74, 6) is -1.46. The third-order valence-electron chi connectivity index (χ3n) is 5.20. The fourth-order valence-corrected chi connectivity index (χ4v) is 3.58. The minimum Gasteiger partial charge on any atom is -0.466 e. The minimum absolute atomic E-state index is 0.204. The maximum absolute atomic E-state index is 14.6. The summed E-state index contributed by atoms with van der Waals surface area (Å²) in [5.41, 5.74) is 0.172. The van der Waals surface area contributed by atoms with E-state index in [-0.39, 0.29) is 25.2 Å². The zero-order chi connectivity index (χ0) is 16.6. The first-order chi connectivity index (χ1) is 11.0. The summed E-state index contributed by atoms with van der Waals surface area (Å²) < 4.78 is 19.8. The van der Waals surface area contributed by atoms with Crippen molar-refractivity contribution >= 4 is 11.9 Å². The second-order valence-electron chi connectivity index (χ2n) is 6.46. The summed E-state index contributed by atoms with van der Waals surface area (Å²) >= 11 is 0. The van der Waals surface area contributed by atoms with Gasteiger partial charge in [-0.2, -0.15) is 0 Å². The van der Waals surface area contributed by atoms with E-state index in [2.05, 4.69) is 0 Å². The van der Waals surface area contributed by atoms with Crippen molar-refractivity contribution in [3.63, 3.8) is 0 Å². The molecule has 5 heteroatoms. The van der Waals surface area contributed by atoms with Crippen LogP contribution in [0.2, 0.25) is 0 Å². The molecule has 0 radical (unpaired) electrons. The topological polar surface area (TPSA) is 46.6 Å². The molecule has 1 saturated carbocycles. The lowest BCUT2D eigenvalue weighted by molar-refractivity contribution is -0.152. The predicted molar refractivity (Wildman–Crippen MR) is 83.3 cm³/mol. The van der Waals surface area contributed by atoms with Gasteiger partial charge in [0.05, 0.1) is 18.1 Å². The van der Waals surface area contributed by atoms with E-state index in [1.807, 2.05) is 37.3 Å². The minimum atomic E-state index is -1.62.